The van der Waals surface area contributed by atoms with Crippen molar-refractivity contribution in [1.82, 2.24) is 15.3 Å². The van der Waals surface area contributed by atoms with Gasteiger partial charge in [-0.25, -0.2) is 4.98 Å². The highest BCUT2D eigenvalue weighted by atomic mass is 79.9. The molecule has 3 rings (SSSR count). The number of H-pyrrole nitrogens is 1. The maximum absolute atomic E-state index is 4.77. The molecular weight excluding hydrogens is 302 g/mol. The summed E-state index contributed by atoms with van der Waals surface area (Å²) >= 11 is 3.51. The van der Waals surface area contributed by atoms with Crippen molar-refractivity contribution in [2.45, 2.75) is 32.2 Å². The van der Waals surface area contributed by atoms with Crippen molar-refractivity contribution in [3.8, 4) is 11.3 Å². The third-order valence-electron chi connectivity index (χ3n) is 3.63. The molecule has 19 heavy (non-hydrogen) atoms. The Kier molecular flexibility index (Phi) is 3.71. The molecule has 0 saturated carbocycles. The van der Waals surface area contributed by atoms with Gasteiger partial charge in [-0.2, -0.15) is 0 Å². The Hall–Kier alpha value is -1.13. The van der Waals surface area contributed by atoms with Gasteiger partial charge < -0.3 is 10.3 Å². The van der Waals surface area contributed by atoms with E-state index in [1.807, 2.05) is 12.1 Å². The van der Waals surface area contributed by atoms with E-state index in [2.05, 4.69) is 45.3 Å². The third kappa shape index (κ3) is 2.90. The summed E-state index contributed by atoms with van der Waals surface area (Å²) < 4.78 is 1.09. The van der Waals surface area contributed by atoms with Crippen LogP contribution in [-0.2, 0) is 6.42 Å². The highest BCUT2D eigenvalue weighted by Gasteiger charge is 2.17. The maximum Gasteiger partial charge on any atom is 0.108 e. The second-order valence-electron chi connectivity index (χ2n) is 5.16. The predicted octanol–water partition coefficient (Wildman–Crippen LogP) is 3.44. The molecule has 2 aromatic rings. The number of aromatic amines is 1. The molecule has 0 aliphatic carbocycles. The Morgan fingerprint density at radius 1 is 1.42 bits per heavy atom. The van der Waals surface area contributed by atoms with Crippen LogP contribution in [0.1, 0.15) is 24.4 Å². The molecule has 1 saturated heterocycles. The second kappa shape index (κ2) is 5.47. The monoisotopic (exact) mass is 319 g/mol. The summed E-state index contributed by atoms with van der Waals surface area (Å²) in [6.45, 7) is 3.23. The van der Waals surface area contributed by atoms with Gasteiger partial charge in [-0.05, 0) is 38.4 Å². The third-order valence-corrected chi connectivity index (χ3v) is 4.13. The first kappa shape index (κ1) is 12.9. The van der Waals surface area contributed by atoms with Crippen LogP contribution in [0.3, 0.4) is 0 Å². The minimum absolute atomic E-state index is 0.584. The number of aromatic nitrogens is 2. The topological polar surface area (TPSA) is 40.7 Å². The van der Waals surface area contributed by atoms with Crippen LogP contribution in [0.2, 0.25) is 0 Å². The van der Waals surface area contributed by atoms with E-state index >= 15 is 0 Å². The number of hydrogen-bond acceptors (Lipinski definition) is 2. The smallest absolute Gasteiger partial charge is 0.108 e. The van der Waals surface area contributed by atoms with E-state index in [4.69, 9.17) is 4.98 Å². The average molecular weight is 320 g/mol. The number of nitrogens with one attached hydrogen (secondary N) is 2. The van der Waals surface area contributed by atoms with E-state index < -0.39 is 0 Å². The summed E-state index contributed by atoms with van der Waals surface area (Å²) in [5, 5.41) is 3.52. The lowest BCUT2D eigenvalue weighted by Gasteiger charge is -2.06. The summed E-state index contributed by atoms with van der Waals surface area (Å²) in [5.74, 6) is 1.09. The van der Waals surface area contributed by atoms with Crippen LogP contribution < -0.4 is 5.32 Å². The van der Waals surface area contributed by atoms with Crippen LogP contribution in [0.25, 0.3) is 11.3 Å². The van der Waals surface area contributed by atoms with E-state index in [-0.39, 0.29) is 0 Å². The molecule has 0 amide bonds. The Morgan fingerprint density at radius 3 is 3.05 bits per heavy atom. The maximum atomic E-state index is 4.77. The largest absolute Gasteiger partial charge is 0.346 e. The fourth-order valence-electron chi connectivity index (χ4n) is 2.70. The lowest BCUT2D eigenvalue weighted by atomic mass is 10.1. The van der Waals surface area contributed by atoms with Gasteiger partial charge in [-0.15, -0.1) is 0 Å². The molecule has 1 aliphatic heterocycles. The molecule has 2 heterocycles. The first-order chi connectivity index (χ1) is 9.22. The van der Waals surface area contributed by atoms with Crippen molar-refractivity contribution in [1.29, 1.82) is 0 Å². The summed E-state index contributed by atoms with van der Waals surface area (Å²) in [6, 6.07) is 8.88. The fraction of sp³-hybridized carbons (Fsp3) is 0.400. The predicted molar refractivity (Wildman–Crippen MR) is 81.2 cm³/mol. The zero-order valence-corrected chi connectivity index (χ0v) is 12.6. The van der Waals surface area contributed by atoms with Crippen LogP contribution in [0.15, 0.2) is 28.7 Å². The summed E-state index contributed by atoms with van der Waals surface area (Å²) in [4.78, 5) is 8.19. The minimum atomic E-state index is 0.584. The molecule has 1 atom stereocenters. The SMILES string of the molecule is Cc1[nH]c(CC2CCCN2)nc1-c1cccc(Br)c1. The molecule has 1 aliphatic rings. The molecule has 1 fully saturated rings. The standard InChI is InChI=1S/C15H18BrN3/c1-10-15(11-4-2-5-12(16)8-11)19-14(18-10)9-13-6-3-7-17-13/h2,4-5,8,13,17H,3,6-7,9H2,1H3,(H,18,19). The van der Waals surface area contributed by atoms with Crippen molar-refractivity contribution in [2.24, 2.45) is 0 Å². The van der Waals surface area contributed by atoms with Crippen molar-refractivity contribution in [3.05, 3.63) is 40.3 Å². The molecule has 0 bridgehead atoms. The van der Waals surface area contributed by atoms with Crippen LogP contribution in [0, 0.1) is 6.92 Å². The van der Waals surface area contributed by atoms with Gasteiger partial charge in [0.05, 0.1) is 5.69 Å². The quantitative estimate of drug-likeness (QED) is 0.909. The van der Waals surface area contributed by atoms with Crippen LogP contribution in [0.4, 0.5) is 0 Å². The highest BCUT2D eigenvalue weighted by molar-refractivity contribution is 9.10. The van der Waals surface area contributed by atoms with E-state index in [0.29, 0.717) is 6.04 Å². The van der Waals surface area contributed by atoms with Gasteiger partial charge in [0.15, 0.2) is 0 Å². The number of nitrogens with zero attached hydrogens (tertiary/aromatic N) is 1. The lowest BCUT2D eigenvalue weighted by Crippen LogP contribution is -2.24. The number of hydrogen-bond donors (Lipinski definition) is 2. The summed E-state index contributed by atoms with van der Waals surface area (Å²) in [7, 11) is 0. The van der Waals surface area contributed by atoms with Crippen molar-refractivity contribution >= 4 is 15.9 Å². The van der Waals surface area contributed by atoms with Gasteiger partial charge >= 0.3 is 0 Å². The van der Waals surface area contributed by atoms with E-state index in [9.17, 15) is 0 Å². The van der Waals surface area contributed by atoms with Gasteiger partial charge in [0.25, 0.3) is 0 Å². The first-order valence-corrected chi connectivity index (χ1v) is 7.56. The Labute approximate surface area is 122 Å². The van der Waals surface area contributed by atoms with Crippen molar-refractivity contribution < 1.29 is 0 Å². The molecular formula is C15H18BrN3. The Bertz CT molecular complexity index is 571. The number of imidazole rings is 1. The second-order valence-corrected chi connectivity index (χ2v) is 6.08. The zero-order valence-electron chi connectivity index (χ0n) is 11.0. The van der Waals surface area contributed by atoms with Crippen LogP contribution in [-0.4, -0.2) is 22.6 Å². The lowest BCUT2D eigenvalue weighted by molar-refractivity contribution is 0.588. The highest BCUT2D eigenvalue weighted by Crippen LogP contribution is 2.25. The van der Waals surface area contributed by atoms with Gasteiger partial charge in [-0.1, -0.05) is 28.1 Å². The van der Waals surface area contributed by atoms with Gasteiger partial charge in [0.2, 0.25) is 0 Å². The molecule has 4 heteroatoms. The zero-order chi connectivity index (χ0) is 13.2. The molecule has 0 radical (unpaired) electrons. The van der Waals surface area contributed by atoms with E-state index in [1.165, 1.54) is 12.8 Å². The van der Waals surface area contributed by atoms with Crippen molar-refractivity contribution in [3.63, 3.8) is 0 Å². The molecule has 1 aromatic carbocycles. The molecule has 100 valence electrons. The van der Waals surface area contributed by atoms with Gasteiger partial charge in [0.1, 0.15) is 5.82 Å². The normalized spacial score (nSPS) is 18.9. The fourth-order valence-corrected chi connectivity index (χ4v) is 3.10. The molecule has 1 unspecified atom stereocenters. The Balaban J connectivity index is 1.84. The number of aryl methyl sites for hydroxylation is 1. The summed E-state index contributed by atoms with van der Waals surface area (Å²) in [5.41, 5.74) is 3.37. The van der Waals surface area contributed by atoms with E-state index in [1.54, 1.807) is 0 Å². The average Bonchev–Trinajstić information content (AvgIpc) is 3.00. The number of rotatable bonds is 3. The first-order valence-electron chi connectivity index (χ1n) is 6.77. The molecule has 1 aromatic heterocycles. The number of benzene rings is 1. The van der Waals surface area contributed by atoms with Gasteiger partial charge in [0, 0.05) is 28.2 Å². The van der Waals surface area contributed by atoms with Crippen LogP contribution >= 0.6 is 15.9 Å². The molecule has 3 nitrogen and oxygen atoms in total. The number of halogens is 1. The van der Waals surface area contributed by atoms with Crippen LogP contribution in [0.5, 0.6) is 0 Å². The van der Waals surface area contributed by atoms with Gasteiger partial charge in [-0.3, -0.25) is 0 Å². The minimum Gasteiger partial charge on any atom is -0.346 e. The van der Waals surface area contributed by atoms with E-state index in [0.717, 1.165) is 40.2 Å². The Morgan fingerprint density at radius 2 is 2.32 bits per heavy atom. The summed E-state index contributed by atoms with van der Waals surface area (Å²) in [6.07, 6.45) is 3.53. The molecule has 0 spiro atoms. The molecule has 2 N–H and O–H groups in total. The van der Waals surface area contributed by atoms with Crippen molar-refractivity contribution in [2.75, 3.05) is 6.54 Å².